The van der Waals surface area contributed by atoms with Crippen LogP contribution < -0.4 is 0 Å². The predicted octanol–water partition coefficient (Wildman–Crippen LogP) is 3.09. The van der Waals surface area contributed by atoms with Crippen molar-refractivity contribution in [3.63, 3.8) is 0 Å². The molecule has 1 atom stereocenters. The van der Waals surface area contributed by atoms with Crippen molar-refractivity contribution >= 4 is 20.0 Å². The third-order valence-corrected chi connectivity index (χ3v) is 9.03. The Bertz CT molecular complexity index is 475. The van der Waals surface area contributed by atoms with Gasteiger partial charge in [0, 0.05) is 0 Å². The quantitative estimate of drug-likeness (QED) is 0.455. The van der Waals surface area contributed by atoms with Crippen LogP contribution in [0.4, 0.5) is 0 Å². The van der Waals surface area contributed by atoms with Crippen molar-refractivity contribution in [3.05, 3.63) is 10.8 Å². The molecule has 0 aromatic carbocycles. The maximum absolute atomic E-state index is 12.4. The SMILES string of the molecule is CCOC(=O)C1(C(=O)OCC)CC2=C(C)[Si](C)(C)CC2C1. The Kier molecular flexibility index (Phi) is 4.33. The number of carbonyl (C=O) groups excluding carboxylic acids is 2. The van der Waals surface area contributed by atoms with E-state index in [1.165, 1.54) is 10.8 Å². The van der Waals surface area contributed by atoms with E-state index in [1.54, 1.807) is 13.8 Å². The molecule has 2 rings (SSSR count). The molecule has 1 fully saturated rings. The zero-order chi connectivity index (χ0) is 15.8. The van der Waals surface area contributed by atoms with Crippen molar-refractivity contribution in [2.24, 2.45) is 11.3 Å². The molecule has 21 heavy (non-hydrogen) atoms. The highest BCUT2D eigenvalue weighted by atomic mass is 28.3. The summed E-state index contributed by atoms with van der Waals surface area (Å²) >= 11 is 0. The van der Waals surface area contributed by atoms with E-state index in [2.05, 4.69) is 20.0 Å². The average molecular weight is 310 g/mol. The third kappa shape index (κ3) is 2.56. The molecular formula is C16H26O4Si. The Morgan fingerprint density at radius 1 is 1.19 bits per heavy atom. The summed E-state index contributed by atoms with van der Waals surface area (Å²) in [5, 5.41) is 1.46. The standard InChI is InChI=1S/C16H26O4Si/c1-6-19-14(17)16(15(18)20-7-2)8-12-10-21(4,5)11(3)13(12)9-16/h12H,6-10H2,1-5H3. The molecule has 0 aromatic heterocycles. The number of fused-ring (bicyclic) bond motifs is 1. The Morgan fingerprint density at radius 2 is 1.71 bits per heavy atom. The number of esters is 2. The number of hydrogen-bond acceptors (Lipinski definition) is 4. The van der Waals surface area contributed by atoms with Crippen LogP contribution in [0.2, 0.25) is 19.1 Å². The molecule has 0 saturated heterocycles. The first-order valence-electron chi connectivity index (χ1n) is 7.83. The Labute approximate surface area is 127 Å². The van der Waals surface area contributed by atoms with Gasteiger partial charge in [0.25, 0.3) is 0 Å². The lowest BCUT2D eigenvalue weighted by Crippen LogP contribution is -2.41. The van der Waals surface area contributed by atoms with Gasteiger partial charge in [0.15, 0.2) is 5.41 Å². The number of hydrogen-bond donors (Lipinski definition) is 0. The number of ether oxygens (including phenoxy) is 2. The van der Waals surface area contributed by atoms with E-state index in [0.717, 1.165) is 6.04 Å². The minimum absolute atomic E-state index is 0.295. The highest BCUT2D eigenvalue weighted by Crippen LogP contribution is 2.56. The van der Waals surface area contributed by atoms with Crippen molar-refractivity contribution in [2.75, 3.05) is 13.2 Å². The van der Waals surface area contributed by atoms with E-state index >= 15 is 0 Å². The largest absolute Gasteiger partial charge is 0.465 e. The zero-order valence-corrected chi connectivity index (χ0v) is 14.7. The molecular weight excluding hydrogens is 284 g/mol. The molecule has 1 heterocycles. The maximum atomic E-state index is 12.4. The highest BCUT2D eigenvalue weighted by molar-refractivity contribution is 6.85. The monoisotopic (exact) mass is 310 g/mol. The first-order chi connectivity index (χ1) is 9.78. The molecule has 1 saturated carbocycles. The van der Waals surface area contributed by atoms with Gasteiger partial charge in [-0.3, -0.25) is 9.59 Å². The second kappa shape index (κ2) is 5.59. The lowest BCUT2D eigenvalue weighted by Gasteiger charge is -2.27. The zero-order valence-electron chi connectivity index (χ0n) is 13.7. The minimum Gasteiger partial charge on any atom is -0.465 e. The molecule has 0 radical (unpaired) electrons. The van der Waals surface area contributed by atoms with Gasteiger partial charge in [-0.05, 0) is 45.6 Å². The molecule has 4 nitrogen and oxygen atoms in total. The van der Waals surface area contributed by atoms with Gasteiger partial charge in [-0.25, -0.2) is 0 Å². The summed E-state index contributed by atoms with van der Waals surface area (Å²) in [6, 6.07) is 1.13. The van der Waals surface area contributed by atoms with Gasteiger partial charge in [0.05, 0.1) is 21.3 Å². The van der Waals surface area contributed by atoms with E-state index < -0.39 is 25.4 Å². The van der Waals surface area contributed by atoms with Gasteiger partial charge in [-0.2, -0.15) is 0 Å². The van der Waals surface area contributed by atoms with Crippen LogP contribution in [0.1, 0.15) is 33.6 Å². The second-order valence-corrected chi connectivity index (χ2v) is 11.8. The maximum Gasteiger partial charge on any atom is 0.323 e. The molecule has 118 valence electrons. The van der Waals surface area contributed by atoms with E-state index in [0.29, 0.717) is 32.0 Å². The smallest absolute Gasteiger partial charge is 0.323 e. The van der Waals surface area contributed by atoms with E-state index in [-0.39, 0.29) is 0 Å². The summed E-state index contributed by atoms with van der Waals surface area (Å²) in [6.45, 7) is 11.0. The van der Waals surface area contributed by atoms with E-state index in [4.69, 9.17) is 9.47 Å². The van der Waals surface area contributed by atoms with Crippen LogP contribution >= 0.6 is 0 Å². The van der Waals surface area contributed by atoms with Gasteiger partial charge in [0.2, 0.25) is 0 Å². The van der Waals surface area contributed by atoms with Crippen LogP contribution in [0.25, 0.3) is 0 Å². The summed E-state index contributed by atoms with van der Waals surface area (Å²) < 4.78 is 10.4. The van der Waals surface area contributed by atoms with Crippen molar-refractivity contribution in [2.45, 2.75) is 52.8 Å². The van der Waals surface area contributed by atoms with Crippen molar-refractivity contribution in [3.8, 4) is 0 Å². The van der Waals surface area contributed by atoms with E-state index in [9.17, 15) is 9.59 Å². The Balaban J connectivity index is 2.36. The van der Waals surface area contributed by atoms with Gasteiger partial charge < -0.3 is 9.47 Å². The highest BCUT2D eigenvalue weighted by Gasteiger charge is 2.59. The van der Waals surface area contributed by atoms with Crippen LogP contribution in [-0.2, 0) is 19.1 Å². The fourth-order valence-corrected chi connectivity index (χ4v) is 6.95. The fraction of sp³-hybridized carbons (Fsp3) is 0.750. The summed E-state index contributed by atoms with van der Waals surface area (Å²) in [6.07, 6.45) is 1.06. The number of allylic oxidation sites excluding steroid dienone is 2. The lowest BCUT2D eigenvalue weighted by atomic mass is 9.85. The van der Waals surface area contributed by atoms with Crippen LogP contribution in [-0.4, -0.2) is 33.2 Å². The summed E-state index contributed by atoms with van der Waals surface area (Å²) in [5.74, 6) is -0.448. The van der Waals surface area contributed by atoms with Crippen molar-refractivity contribution < 1.29 is 19.1 Å². The second-order valence-electron chi connectivity index (χ2n) is 6.84. The third-order valence-electron chi connectivity index (χ3n) is 5.17. The van der Waals surface area contributed by atoms with Crippen LogP contribution in [0.5, 0.6) is 0 Å². The van der Waals surface area contributed by atoms with Crippen LogP contribution in [0, 0.1) is 11.3 Å². The summed E-state index contributed by atoms with van der Waals surface area (Å²) in [5.41, 5.74) is 0.228. The molecule has 0 aromatic rings. The summed E-state index contributed by atoms with van der Waals surface area (Å²) in [7, 11) is -1.33. The predicted molar refractivity (Wildman–Crippen MR) is 83.4 cm³/mol. The molecule has 0 amide bonds. The Morgan fingerprint density at radius 3 is 2.14 bits per heavy atom. The van der Waals surface area contributed by atoms with E-state index in [1.807, 2.05) is 0 Å². The molecule has 1 aliphatic heterocycles. The first-order valence-corrected chi connectivity index (χ1v) is 11.0. The molecule has 2 aliphatic rings. The van der Waals surface area contributed by atoms with Crippen LogP contribution in [0.3, 0.4) is 0 Å². The fourth-order valence-electron chi connectivity index (χ4n) is 3.86. The van der Waals surface area contributed by atoms with Gasteiger partial charge in [-0.15, -0.1) is 0 Å². The molecule has 0 N–H and O–H groups in total. The number of rotatable bonds is 4. The molecule has 1 aliphatic carbocycles. The topological polar surface area (TPSA) is 52.6 Å². The van der Waals surface area contributed by atoms with Gasteiger partial charge in [0.1, 0.15) is 0 Å². The first kappa shape index (κ1) is 16.3. The molecule has 5 heteroatoms. The summed E-state index contributed by atoms with van der Waals surface area (Å²) in [4.78, 5) is 24.9. The van der Waals surface area contributed by atoms with Crippen molar-refractivity contribution in [1.29, 1.82) is 0 Å². The van der Waals surface area contributed by atoms with Gasteiger partial charge >= 0.3 is 11.9 Å². The number of carbonyl (C=O) groups is 2. The normalized spacial score (nSPS) is 25.7. The van der Waals surface area contributed by atoms with Crippen LogP contribution in [0.15, 0.2) is 10.8 Å². The Hall–Kier alpha value is -1.10. The molecule has 1 unspecified atom stereocenters. The van der Waals surface area contributed by atoms with Crippen molar-refractivity contribution in [1.82, 2.24) is 0 Å². The lowest BCUT2D eigenvalue weighted by molar-refractivity contribution is -0.171. The minimum atomic E-state index is -1.33. The average Bonchev–Trinajstić information content (AvgIpc) is 2.86. The molecule has 0 spiro atoms. The molecule has 0 bridgehead atoms. The van der Waals surface area contributed by atoms with Gasteiger partial charge in [-0.1, -0.05) is 23.9 Å².